The molecule has 0 bridgehead atoms. The molecule has 1 aromatic heterocycles. The number of aryl methyl sites for hydroxylation is 1. The molecule has 8 heteroatoms. The van der Waals surface area contributed by atoms with Gasteiger partial charge < -0.3 is 9.63 Å². The smallest absolute Gasteiger partial charge is 0.214 e. The third-order valence-corrected chi connectivity index (χ3v) is 7.05. The fourth-order valence-corrected chi connectivity index (χ4v) is 5.18. The van der Waals surface area contributed by atoms with Crippen LogP contribution in [0.3, 0.4) is 0 Å². The molecule has 23 heavy (non-hydrogen) atoms. The number of β-amino-alcohol motifs (C(OH)–C–C–N with tert-alkyl or cyclic N) is 1. The van der Waals surface area contributed by atoms with Crippen molar-refractivity contribution < 1.29 is 18.0 Å². The molecule has 1 saturated heterocycles. The van der Waals surface area contributed by atoms with Crippen LogP contribution in [0, 0.1) is 0 Å². The second-order valence-electron chi connectivity index (χ2n) is 7.01. The van der Waals surface area contributed by atoms with E-state index in [1.807, 2.05) is 0 Å². The van der Waals surface area contributed by atoms with Gasteiger partial charge >= 0.3 is 0 Å². The van der Waals surface area contributed by atoms with Crippen molar-refractivity contribution in [3.05, 3.63) is 17.0 Å². The number of sulfonamides is 1. The minimum atomic E-state index is -3.16. The molecule has 1 aromatic rings. The number of hydrogen-bond acceptors (Lipinski definition) is 6. The van der Waals surface area contributed by atoms with Crippen molar-refractivity contribution >= 4 is 10.0 Å². The van der Waals surface area contributed by atoms with E-state index in [2.05, 4.69) is 14.8 Å². The van der Waals surface area contributed by atoms with Gasteiger partial charge in [0, 0.05) is 37.7 Å². The number of nitrogens with zero attached hydrogens (tertiary/aromatic N) is 2. The van der Waals surface area contributed by atoms with Crippen molar-refractivity contribution in [2.24, 2.45) is 0 Å². The molecule has 1 saturated carbocycles. The summed E-state index contributed by atoms with van der Waals surface area (Å²) in [5.41, 5.74) is 1.95. The first-order valence-corrected chi connectivity index (χ1v) is 9.94. The van der Waals surface area contributed by atoms with Crippen LogP contribution < -0.4 is 4.72 Å². The number of aliphatic hydroxyl groups is 1. The van der Waals surface area contributed by atoms with Gasteiger partial charge in [-0.2, -0.15) is 0 Å². The molecule has 2 heterocycles. The molecule has 1 aliphatic heterocycles. The van der Waals surface area contributed by atoms with E-state index >= 15 is 0 Å². The molecule has 3 aliphatic rings. The molecule has 2 atom stereocenters. The Morgan fingerprint density at radius 3 is 2.83 bits per heavy atom. The second kappa shape index (κ2) is 5.84. The Balaban J connectivity index is 1.44. The minimum Gasteiger partial charge on any atom is -0.392 e. The van der Waals surface area contributed by atoms with E-state index in [-0.39, 0.29) is 17.4 Å². The van der Waals surface area contributed by atoms with E-state index in [0.29, 0.717) is 19.5 Å². The van der Waals surface area contributed by atoms with Crippen LogP contribution in [-0.2, 0) is 29.4 Å². The highest BCUT2D eigenvalue weighted by Gasteiger charge is 2.38. The Hall–Kier alpha value is -0.960. The quantitative estimate of drug-likeness (QED) is 0.793. The molecular weight excluding hydrogens is 318 g/mol. The van der Waals surface area contributed by atoms with Crippen molar-refractivity contribution in [2.75, 3.05) is 13.1 Å². The lowest BCUT2D eigenvalue weighted by Crippen LogP contribution is -2.40. The summed E-state index contributed by atoms with van der Waals surface area (Å²) in [6.07, 6.45) is 4.24. The Morgan fingerprint density at radius 1 is 1.30 bits per heavy atom. The molecule has 0 amide bonds. The fraction of sp³-hybridized carbons (Fsp3) is 0.800. The van der Waals surface area contributed by atoms with Gasteiger partial charge in [0.15, 0.2) is 0 Å². The van der Waals surface area contributed by atoms with Crippen LogP contribution in [0.4, 0.5) is 0 Å². The predicted molar refractivity (Wildman–Crippen MR) is 83.3 cm³/mol. The molecule has 2 aliphatic carbocycles. The lowest BCUT2D eigenvalue weighted by atomic mass is 9.92. The lowest BCUT2D eigenvalue weighted by molar-refractivity contribution is 0.173. The number of likely N-dealkylation sites (tertiary alicyclic amines) is 1. The topological polar surface area (TPSA) is 95.7 Å². The monoisotopic (exact) mass is 341 g/mol. The maximum Gasteiger partial charge on any atom is 0.214 e. The van der Waals surface area contributed by atoms with Gasteiger partial charge in [0.2, 0.25) is 10.0 Å². The van der Waals surface area contributed by atoms with Crippen LogP contribution in [0.1, 0.15) is 42.7 Å². The maximum atomic E-state index is 12.1. The van der Waals surface area contributed by atoms with E-state index in [9.17, 15) is 13.5 Å². The number of nitrogens with one attached hydrogen (secondary N) is 1. The minimum absolute atomic E-state index is 0.0598. The van der Waals surface area contributed by atoms with E-state index < -0.39 is 10.0 Å². The first-order valence-electron chi connectivity index (χ1n) is 8.39. The van der Waals surface area contributed by atoms with Gasteiger partial charge in [-0.25, -0.2) is 13.1 Å². The van der Waals surface area contributed by atoms with Crippen molar-refractivity contribution in [2.45, 2.75) is 62.5 Å². The van der Waals surface area contributed by atoms with Crippen molar-refractivity contribution in [1.82, 2.24) is 14.8 Å². The highest BCUT2D eigenvalue weighted by molar-refractivity contribution is 7.90. The average molecular weight is 341 g/mol. The highest BCUT2D eigenvalue weighted by atomic mass is 32.2. The normalized spacial score (nSPS) is 28.9. The summed E-state index contributed by atoms with van der Waals surface area (Å²) in [5.74, 6) is 0.890. The van der Waals surface area contributed by atoms with Crippen LogP contribution in [0.25, 0.3) is 0 Å². The van der Waals surface area contributed by atoms with Crippen molar-refractivity contribution in [3.63, 3.8) is 0 Å². The van der Waals surface area contributed by atoms with Crippen molar-refractivity contribution in [1.29, 1.82) is 0 Å². The number of aromatic nitrogens is 1. The molecule has 0 aromatic carbocycles. The molecule has 0 spiro atoms. The zero-order valence-corrected chi connectivity index (χ0v) is 13.9. The summed E-state index contributed by atoms with van der Waals surface area (Å²) < 4.78 is 32.6. The molecule has 1 unspecified atom stereocenters. The van der Waals surface area contributed by atoms with Gasteiger partial charge in [-0.15, -0.1) is 0 Å². The first kappa shape index (κ1) is 15.6. The second-order valence-corrected chi connectivity index (χ2v) is 9.00. The van der Waals surface area contributed by atoms with Gasteiger partial charge in [0.05, 0.1) is 11.4 Å². The van der Waals surface area contributed by atoms with Gasteiger partial charge in [-0.05, 0) is 32.1 Å². The van der Waals surface area contributed by atoms with Crippen molar-refractivity contribution in [3.8, 4) is 0 Å². The zero-order chi connectivity index (χ0) is 16.0. The van der Waals surface area contributed by atoms with Gasteiger partial charge in [0.25, 0.3) is 0 Å². The third-order valence-electron chi connectivity index (χ3n) is 5.04. The predicted octanol–water partition coefficient (Wildman–Crippen LogP) is 0.180. The number of aliphatic hydroxyl groups excluding tert-OH is 1. The SMILES string of the molecule is O=S(=O)(NC1CCc2onc(CN3CC[C@@H](O)C3)c2C1)C1CC1. The van der Waals surface area contributed by atoms with Crippen LogP contribution in [0.5, 0.6) is 0 Å². The third kappa shape index (κ3) is 3.31. The molecule has 0 radical (unpaired) electrons. The molecule has 2 N–H and O–H groups in total. The number of hydrogen-bond donors (Lipinski definition) is 2. The summed E-state index contributed by atoms with van der Waals surface area (Å²) >= 11 is 0. The number of rotatable bonds is 5. The Bertz CT molecular complexity index is 683. The van der Waals surface area contributed by atoms with Gasteiger partial charge in [0.1, 0.15) is 11.5 Å². The molecule has 128 valence electrons. The summed E-state index contributed by atoms with van der Waals surface area (Å²) in [6, 6.07) is -0.0598. The van der Waals surface area contributed by atoms with E-state index in [1.165, 1.54) is 0 Å². The largest absolute Gasteiger partial charge is 0.392 e. The molecular formula is C15H23N3O4S. The average Bonchev–Trinajstić information content (AvgIpc) is 3.20. The van der Waals surface area contributed by atoms with Crippen LogP contribution in [0.2, 0.25) is 0 Å². The van der Waals surface area contributed by atoms with Gasteiger partial charge in [-0.1, -0.05) is 5.16 Å². The Morgan fingerprint density at radius 2 is 2.13 bits per heavy atom. The van der Waals surface area contributed by atoms with Crippen LogP contribution in [0.15, 0.2) is 4.52 Å². The van der Waals surface area contributed by atoms with Gasteiger partial charge in [-0.3, -0.25) is 4.90 Å². The summed E-state index contributed by atoms with van der Waals surface area (Å²) in [6.45, 7) is 2.19. The molecule has 2 fully saturated rings. The Kier molecular flexibility index (Phi) is 3.95. The van der Waals surface area contributed by atoms with Crippen LogP contribution >= 0.6 is 0 Å². The van der Waals surface area contributed by atoms with Crippen LogP contribution in [-0.4, -0.2) is 54.1 Å². The molecule has 4 rings (SSSR count). The summed E-state index contributed by atoms with van der Waals surface area (Å²) in [7, 11) is -3.16. The van der Waals surface area contributed by atoms with E-state index in [4.69, 9.17) is 4.52 Å². The summed E-state index contributed by atoms with van der Waals surface area (Å²) in [5, 5.41) is 13.6. The Labute approximate surface area is 136 Å². The van der Waals surface area contributed by atoms with E-state index in [1.54, 1.807) is 0 Å². The highest BCUT2D eigenvalue weighted by Crippen LogP contribution is 2.30. The number of fused-ring (bicyclic) bond motifs is 1. The summed E-state index contributed by atoms with van der Waals surface area (Å²) in [4.78, 5) is 2.17. The molecule has 7 nitrogen and oxygen atoms in total. The standard InChI is InChI=1S/C15H23N3O4S/c19-11-5-6-18(8-11)9-14-13-7-10(1-4-15(13)22-16-14)17-23(20,21)12-2-3-12/h10-12,17,19H,1-9H2/t10?,11-/m1/s1. The zero-order valence-electron chi connectivity index (χ0n) is 13.1. The van der Waals surface area contributed by atoms with E-state index in [0.717, 1.165) is 55.7 Å². The fourth-order valence-electron chi connectivity index (χ4n) is 3.56. The maximum absolute atomic E-state index is 12.1. The first-order chi connectivity index (χ1) is 11.0. The lowest BCUT2D eigenvalue weighted by Gasteiger charge is -2.23.